The van der Waals surface area contributed by atoms with Crippen molar-refractivity contribution in [1.29, 1.82) is 0 Å². The number of rotatable bonds is 4. The Balaban J connectivity index is 2.35. The maximum atomic E-state index is 11.8. The summed E-state index contributed by atoms with van der Waals surface area (Å²) in [6.45, 7) is 13.3. The molecule has 16 heavy (non-hydrogen) atoms. The van der Waals surface area contributed by atoms with Crippen molar-refractivity contribution in [3.8, 4) is 0 Å². The third-order valence-electron chi connectivity index (χ3n) is 3.33. The lowest BCUT2D eigenvalue weighted by molar-refractivity contribution is -0.129. The first-order valence-electron chi connectivity index (χ1n) is 6.04. The van der Waals surface area contributed by atoms with Crippen LogP contribution in [0.3, 0.4) is 0 Å². The standard InChI is InChI=1S/C13H24N2O/c1-5-7-14-9-12(16)15-8-6-11(10-15)13(2,3)4/h5,11,14H,1,6-10H2,2-4H3. The van der Waals surface area contributed by atoms with Crippen molar-refractivity contribution >= 4 is 5.91 Å². The van der Waals surface area contributed by atoms with Gasteiger partial charge in [-0.1, -0.05) is 26.8 Å². The monoisotopic (exact) mass is 224 g/mol. The van der Waals surface area contributed by atoms with Gasteiger partial charge in [0, 0.05) is 19.6 Å². The summed E-state index contributed by atoms with van der Waals surface area (Å²) in [5.74, 6) is 0.851. The van der Waals surface area contributed by atoms with Gasteiger partial charge in [0.05, 0.1) is 6.54 Å². The van der Waals surface area contributed by atoms with Crippen molar-refractivity contribution in [3.63, 3.8) is 0 Å². The van der Waals surface area contributed by atoms with Gasteiger partial charge in [0.2, 0.25) is 5.91 Å². The number of likely N-dealkylation sites (tertiary alicyclic amines) is 1. The Kier molecular flexibility index (Phi) is 4.54. The second-order valence-corrected chi connectivity index (χ2v) is 5.61. The van der Waals surface area contributed by atoms with Gasteiger partial charge in [0.25, 0.3) is 0 Å². The van der Waals surface area contributed by atoms with Crippen LogP contribution in [0.5, 0.6) is 0 Å². The molecule has 0 saturated carbocycles. The summed E-state index contributed by atoms with van der Waals surface area (Å²) in [5.41, 5.74) is 0.309. The predicted molar refractivity (Wildman–Crippen MR) is 67.2 cm³/mol. The minimum Gasteiger partial charge on any atom is -0.341 e. The Morgan fingerprint density at radius 1 is 1.56 bits per heavy atom. The van der Waals surface area contributed by atoms with E-state index in [1.807, 2.05) is 4.90 Å². The second-order valence-electron chi connectivity index (χ2n) is 5.61. The van der Waals surface area contributed by atoms with E-state index in [2.05, 4.69) is 32.7 Å². The van der Waals surface area contributed by atoms with E-state index in [4.69, 9.17) is 0 Å². The molecule has 0 aromatic heterocycles. The Bertz CT molecular complexity index is 255. The summed E-state index contributed by atoms with van der Waals surface area (Å²) in [5, 5.41) is 3.06. The number of amides is 1. The highest BCUT2D eigenvalue weighted by atomic mass is 16.2. The highest BCUT2D eigenvalue weighted by Crippen LogP contribution is 2.33. The van der Waals surface area contributed by atoms with Gasteiger partial charge >= 0.3 is 0 Å². The quantitative estimate of drug-likeness (QED) is 0.582. The van der Waals surface area contributed by atoms with Crippen LogP contribution in [0.2, 0.25) is 0 Å². The first kappa shape index (κ1) is 13.2. The van der Waals surface area contributed by atoms with Gasteiger partial charge in [-0.25, -0.2) is 0 Å². The van der Waals surface area contributed by atoms with E-state index < -0.39 is 0 Å². The number of hydrogen-bond donors (Lipinski definition) is 1. The fraction of sp³-hybridized carbons (Fsp3) is 0.769. The summed E-state index contributed by atoms with van der Waals surface area (Å²) in [7, 11) is 0. The normalized spacial score (nSPS) is 21.2. The molecule has 1 heterocycles. The molecule has 1 saturated heterocycles. The number of nitrogens with one attached hydrogen (secondary N) is 1. The molecular weight excluding hydrogens is 200 g/mol. The van der Waals surface area contributed by atoms with Crippen LogP contribution in [-0.4, -0.2) is 37.0 Å². The van der Waals surface area contributed by atoms with E-state index in [1.165, 1.54) is 0 Å². The molecule has 1 N–H and O–H groups in total. The van der Waals surface area contributed by atoms with Crippen LogP contribution in [0.4, 0.5) is 0 Å². The molecule has 0 aromatic rings. The molecule has 3 heteroatoms. The SMILES string of the molecule is C=CCNCC(=O)N1CCC(C(C)(C)C)C1. The molecule has 1 rings (SSSR count). The summed E-state index contributed by atoms with van der Waals surface area (Å²) < 4.78 is 0. The van der Waals surface area contributed by atoms with Crippen LogP contribution in [-0.2, 0) is 4.79 Å². The van der Waals surface area contributed by atoms with Gasteiger partial charge in [-0.3, -0.25) is 4.79 Å². The number of nitrogens with zero attached hydrogens (tertiary/aromatic N) is 1. The molecule has 0 bridgehead atoms. The second kappa shape index (κ2) is 5.48. The van der Waals surface area contributed by atoms with Gasteiger partial charge in [-0.2, -0.15) is 0 Å². The molecule has 0 radical (unpaired) electrons. The molecule has 92 valence electrons. The van der Waals surface area contributed by atoms with Crippen LogP contribution < -0.4 is 5.32 Å². The molecular formula is C13H24N2O. The van der Waals surface area contributed by atoms with Crippen molar-refractivity contribution in [3.05, 3.63) is 12.7 Å². The van der Waals surface area contributed by atoms with Crippen molar-refractivity contribution in [2.75, 3.05) is 26.2 Å². The van der Waals surface area contributed by atoms with Crippen molar-refractivity contribution in [2.24, 2.45) is 11.3 Å². The van der Waals surface area contributed by atoms with E-state index in [1.54, 1.807) is 6.08 Å². The zero-order chi connectivity index (χ0) is 12.2. The number of carbonyl (C=O) groups is 1. The zero-order valence-electron chi connectivity index (χ0n) is 10.8. The number of carbonyl (C=O) groups excluding carboxylic acids is 1. The van der Waals surface area contributed by atoms with E-state index >= 15 is 0 Å². The minimum atomic E-state index is 0.216. The molecule has 0 aromatic carbocycles. The Morgan fingerprint density at radius 2 is 2.25 bits per heavy atom. The molecule has 1 amide bonds. The van der Waals surface area contributed by atoms with Crippen LogP contribution in [0.1, 0.15) is 27.2 Å². The third-order valence-corrected chi connectivity index (χ3v) is 3.33. The average Bonchev–Trinajstić information content (AvgIpc) is 2.66. The lowest BCUT2D eigenvalue weighted by Gasteiger charge is -2.27. The van der Waals surface area contributed by atoms with Crippen LogP contribution in [0.15, 0.2) is 12.7 Å². The first-order chi connectivity index (χ1) is 7.45. The largest absolute Gasteiger partial charge is 0.341 e. The van der Waals surface area contributed by atoms with Gasteiger partial charge < -0.3 is 10.2 Å². The van der Waals surface area contributed by atoms with E-state index in [0.717, 1.165) is 19.5 Å². The Morgan fingerprint density at radius 3 is 2.75 bits per heavy atom. The van der Waals surface area contributed by atoms with Gasteiger partial charge in [-0.15, -0.1) is 6.58 Å². The molecule has 0 spiro atoms. The van der Waals surface area contributed by atoms with E-state index in [9.17, 15) is 4.79 Å². The molecule has 1 unspecified atom stereocenters. The van der Waals surface area contributed by atoms with Crippen LogP contribution >= 0.6 is 0 Å². The fourth-order valence-electron chi connectivity index (χ4n) is 2.09. The number of hydrogen-bond acceptors (Lipinski definition) is 2. The smallest absolute Gasteiger partial charge is 0.236 e. The van der Waals surface area contributed by atoms with E-state index in [0.29, 0.717) is 24.4 Å². The molecule has 0 aliphatic carbocycles. The van der Waals surface area contributed by atoms with Crippen LogP contribution in [0, 0.1) is 11.3 Å². The Labute approximate surface area is 98.9 Å². The highest BCUT2D eigenvalue weighted by Gasteiger charge is 2.33. The molecule has 1 atom stereocenters. The summed E-state index contributed by atoms with van der Waals surface area (Å²) in [6, 6.07) is 0. The summed E-state index contributed by atoms with van der Waals surface area (Å²) in [4.78, 5) is 13.8. The molecule has 1 fully saturated rings. The van der Waals surface area contributed by atoms with Gasteiger partial charge in [0.15, 0.2) is 0 Å². The zero-order valence-corrected chi connectivity index (χ0v) is 10.8. The topological polar surface area (TPSA) is 32.3 Å². The third kappa shape index (κ3) is 3.63. The lowest BCUT2D eigenvalue weighted by Crippen LogP contribution is -2.37. The first-order valence-corrected chi connectivity index (χ1v) is 6.04. The molecule has 1 aliphatic rings. The highest BCUT2D eigenvalue weighted by molar-refractivity contribution is 5.78. The summed E-state index contributed by atoms with van der Waals surface area (Å²) >= 11 is 0. The van der Waals surface area contributed by atoms with Gasteiger partial charge in [-0.05, 0) is 17.8 Å². The van der Waals surface area contributed by atoms with Crippen molar-refractivity contribution < 1.29 is 4.79 Å². The maximum absolute atomic E-state index is 11.8. The molecule has 3 nitrogen and oxygen atoms in total. The van der Waals surface area contributed by atoms with Crippen molar-refractivity contribution in [2.45, 2.75) is 27.2 Å². The van der Waals surface area contributed by atoms with Crippen LogP contribution in [0.25, 0.3) is 0 Å². The summed E-state index contributed by atoms with van der Waals surface area (Å²) in [6.07, 6.45) is 2.91. The Hall–Kier alpha value is -0.830. The predicted octanol–water partition coefficient (Wildman–Crippen LogP) is 1.66. The fourth-order valence-corrected chi connectivity index (χ4v) is 2.09. The van der Waals surface area contributed by atoms with E-state index in [-0.39, 0.29) is 5.91 Å². The lowest BCUT2D eigenvalue weighted by atomic mass is 9.80. The minimum absolute atomic E-state index is 0.216. The average molecular weight is 224 g/mol. The molecule has 1 aliphatic heterocycles. The van der Waals surface area contributed by atoms with Gasteiger partial charge in [0.1, 0.15) is 0 Å². The van der Waals surface area contributed by atoms with Crippen molar-refractivity contribution in [1.82, 2.24) is 10.2 Å². The maximum Gasteiger partial charge on any atom is 0.236 e.